The molecule has 1 aliphatic heterocycles. The summed E-state index contributed by atoms with van der Waals surface area (Å²) in [6.45, 7) is 5.34. The standard InChI is InChI=1S/C26H31N3O5S/c1-18(2)17-34-23(30)16-22-25(32)27-12-13-29(22)26(35)28-24(31)20-9-6-10-21(15-20)33-14-11-19-7-4-3-5-8-19/h3-10,15,18,22H,11-14,16-17H2,1-2H3,(H,27,32)(H,28,31,35). The number of ether oxygens (including phenoxy) is 2. The fraction of sp³-hybridized carbons (Fsp3) is 0.385. The first-order valence-electron chi connectivity index (χ1n) is 11.7. The highest BCUT2D eigenvalue weighted by atomic mass is 32.1. The molecule has 2 amide bonds. The van der Waals surface area contributed by atoms with Gasteiger partial charge in [0, 0.05) is 25.1 Å². The van der Waals surface area contributed by atoms with Crippen LogP contribution < -0.4 is 15.4 Å². The van der Waals surface area contributed by atoms with E-state index in [1.807, 2.05) is 44.2 Å². The maximum atomic E-state index is 12.9. The first-order valence-corrected chi connectivity index (χ1v) is 12.1. The Kier molecular flexibility index (Phi) is 9.60. The van der Waals surface area contributed by atoms with Gasteiger partial charge in [0.1, 0.15) is 11.8 Å². The highest BCUT2D eigenvalue weighted by molar-refractivity contribution is 7.80. The SMILES string of the molecule is CC(C)COC(=O)CC1C(=O)NCCN1C(=S)NC(=O)c1cccc(OCCc2ccccc2)c1. The van der Waals surface area contributed by atoms with Crippen LogP contribution in [0.3, 0.4) is 0 Å². The van der Waals surface area contributed by atoms with Gasteiger partial charge in [-0.25, -0.2) is 0 Å². The Bertz CT molecular complexity index is 1040. The lowest BCUT2D eigenvalue weighted by Gasteiger charge is -2.36. The molecule has 2 aromatic carbocycles. The predicted molar refractivity (Wildman–Crippen MR) is 136 cm³/mol. The molecule has 1 heterocycles. The van der Waals surface area contributed by atoms with E-state index in [4.69, 9.17) is 21.7 Å². The van der Waals surface area contributed by atoms with Gasteiger partial charge in [-0.1, -0.05) is 50.2 Å². The second kappa shape index (κ2) is 12.9. The number of nitrogens with zero attached hydrogens (tertiary/aromatic N) is 1. The first-order chi connectivity index (χ1) is 16.8. The van der Waals surface area contributed by atoms with Crippen LogP contribution in [0.4, 0.5) is 0 Å². The molecule has 1 fully saturated rings. The normalized spacial score (nSPS) is 15.3. The molecule has 8 nitrogen and oxygen atoms in total. The summed E-state index contributed by atoms with van der Waals surface area (Å²) < 4.78 is 11.0. The van der Waals surface area contributed by atoms with E-state index in [0.717, 1.165) is 6.42 Å². The molecule has 3 rings (SSSR count). The van der Waals surface area contributed by atoms with Gasteiger partial charge in [-0.05, 0) is 41.9 Å². The van der Waals surface area contributed by atoms with E-state index in [-0.39, 0.29) is 30.0 Å². The largest absolute Gasteiger partial charge is 0.493 e. The van der Waals surface area contributed by atoms with Gasteiger partial charge in [0.2, 0.25) is 5.91 Å². The number of carbonyl (C=O) groups excluding carboxylic acids is 3. The molecular formula is C26H31N3O5S. The van der Waals surface area contributed by atoms with Crippen molar-refractivity contribution >= 4 is 35.1 Å². The van der Waals surface area contributed by atoms with Crippen LogP contribution in [-0.4, -0.2) is 60.1 Å². The summed E-state index contributed by atoms with van der Waals surface area (Å²) in [6.07, 6.45) is 0.596. The highest BCUT2D eigenvalue weighted by Gasteiger charge is 2.34. The molecule has 0 radical (unpaired) electrons. The van der Waals surface area contributed by atoms with Gasteiger partial charge in [0.15, 0.2) is 5.11 Å². The van der Waals surface area contributed by atoms with Crippen molar-refractivity contribution in [2.45, 2.75) is 32.7 Å². The van der Waals surface area contributed by atoms with Crippen LogP contribution in [0.1, 0.15) is 36.2 Å². The zero-order chi connectivity index (χ0) is 25.2. The Morgan fingerprint density at radius 2 is 1.94 bits per heavy atom. The number of amides is 2. The Labute approximate surface area is 211 Å². The fourth-order valence-corrected chi connectivity index (χ4v) is 3.85. The summed E-state index contributed by atoms with van der Waals surface area (Å²) in [6, 6.07) is 16.0. The van der Waals surface area contributed by atoms with Crippen LogP contribution >= 0.6 is 12.2 Å². The quantitative estimate of drug-likeness (QED) is 0.406. The zero-order valence-electron chi connectivity index (χ0n) is 20.0. The molecule has 35 heavy (non-hydrogen) atoms. The smallest absolute Gasteiger partial charge is 0.308 e. The third-order valence-corrected chi connectivity index (χ3v) is 5.68. The number of rotatable bonds is 9. The van der Waals surface area contributed by atoms with Gasteiger partial charge in [-0.15, -0.1) is 0 Å². The Balaban J connectivity index is 1.57. The zero-order valence-corrected chi connectivity index (χ0v) is 20.8. The number of benzene rings is 2. The van der Waals surface area contributed by atoms with Crippen molar-refractivity contribution in [2.24, 2.45) is 5.92 Å². The molecule has 2 N–H and O–H groups in total. The molecule has 0 aromatic heterocycles. The molecular weight excluding hydrogens is 466 g/mol. The average molecular weight is 498 g/mol. The van der Waals surface area contributed by atoms with Crippen molar-refractivity contribution in [2.75, 3.05) is 26.3 Å². The van der Waals surface area contributed by atoms with Gasteiger partial charge >= 0.3 is 5.97 Å². The molecule has 1 atom stereocenters. The third kappa shape index (κ3) is 8.06. The van der Waals surface area contributed by atoms with Crippen molar-refractivity contribution in [3.8, 4) is 5.75 Å². The summed E-state index contributed by atoms with van der Waals surface area (Å²) >= 11 is 5.43. The summed E-state index contributed by atoms with van der Waals surface area (Å²) in [5.41, 5.74) is 1.54. The van der Waals surface area contributed by atoms with Crippen LogP contribution in [0.15, 0.2) is 54.6 Å². The molecule has 0 aliphatic carbocycles. The molecule has 186 valence electrons. The first kappa shape index (κ1) is 26.2. The van der Waals surface area contributed by atoms with Gasteiger partial charge < -0.3 is 19.7 Å². The molecule has 1 aliphatic rings. The number of thiocarbonyl (C=S) groups is 1. The van der Waals surface area contributed by atoms with E-state index in [1.165, 1.54) is 5.56 Å². The number of esters is 1. The molecule has 2 aromatic rings. The van der Waals surface area contributed by atoms with Crippen LogP contribution in [-0.2, 0) is 20.7 Å². The Morgan fingerprint density at radius 1 is 1.17 bits per heavy atom. The molecule has 1 saturated heterocycles. The monoisotopic (exact) mass is 497 g/mol. The average Bonchev–Trinajstić information content (AvgIpc) is 2.84. The number of hydrogen-bond donors (Lipinski definition) is 2. The maximum absolute atomic E-state index is 12.9. The molecule has 0 bridgehead atoms. The molecule has 9 heteroatoms. The maximum Gasteiger partial charge on any atom is 0.308 e. The molecule has 0 saturated carbocycles. The van der Waals surface area contributed by atoms with Crippen molar-refractivity contribution in [1.82, 2.24) is 15.5 Å². The second-order valence-corrected chi connectivity index (χ2v) is 9.04. The minimum atomic E-state index is -0.844. The van der Waals surface area contributed by atoms with E-state index in [0.29, 0.717) is 31.0 Å². The van der Waals surface area contributed by atoms with Crippen LogP contribution in [0.5, 0.6) is 5.75 Å². The van der Waals surface area contributed by atoms with E-state index < -0.39 is 17.9 Å². The highest BCUT2D eigenvalue weighted by Crippen LogP contribution is 2.15. The van der Waals surface area contributed by atoms with Gasteiger partial charge in [-0.3, -0.25) is 19.7 Å². The number of carbonyl (C=O) groups is 3. The molecule has 0 spiro atoms. The number of nitrogens with one attached hydrogen (secondary N) is 2. The van der Waals surface area contributed by atoms with Crippen molar-refractivity contribution in [1.29, 1.82) is 0 Å². The predicted octanol–water partition coefficient (Wildman–Crippen LogP) is 2.71. The van der Waals surface area contributed by atoms with Crippen molar-refractivity contribution in [3.05, 3.63) is 65.7 Å². The fourth-order valence-electron chi connectivity index (χ4n) is 3.54. The molecule has 1 unspecified atom stereocenters. The van der Waals surface area contributed by atoms with Crippen molar-refractivity contribution < 1.29 is 23.9 Å². The third-order valence-electron chi connectivity index (χ3n) is 5.35. The minimum absolute atomic E-state index is 0.0851. The Morgan fingerprint density at radius 3 is 2.69 bits per heavy atom. The second-order valence-electron chi connectivity index (χ2n) is 8.65. The van der Waals surface area contributed by atoms with Crippen molar-refractivity contribution in [3.63, 3.8) is 0 Å². The Hall–Kier alpha value is -3.46. The van der Waals surface area contributed by atoms with E-state index in [9.17, 15) is 14.4 Å². The van der Waals surface area contributed by atoms with Crippen LogP contribution in [0, 0.1) is 5.92 Å². The van der Waals surface area contributed by atoms with E-state index in [2.05, 4.69) is 10.6 Å². The van der Waals surface area contributed by atoms with E-state index >= 15 is 0 Å². The van der Waals surface area contributed by atoms with Gasteiger partial charge in [0.25, 0.3) is 5.91 Å². The van der Waals surface area contributed by atoms with Gasteiger partial charge in [0.05, 0.1) is 19.6 Å². The topological polar surface area (TPSA) is 97.0 Å². The number of hydrogen-bond acceptors (Lipinski definition) is 6. The summed E-state index contributed by atoms with van der Waals surface area (Å²) in [7, 11) is 0. The number of piperazine rings is 1. The van der Waals surface area contributed by atoms with E-state index in [1.54, 1.807) is 29.2 Å². The summed E-state index contributed by atoms with van der Waals surface area (Å²) in [5, 5.41) is 5.50. The van der Waals surface area contributed by atoms with Gasteiger partial charge in [-0.2, -0.15) is 0 Å². The summed E-state index contributed by atoms with van der Waals surface area (Å²) in [5.74, 6) is -0.477. The lowest BCUT2D eigenvalue weighted by atomic mass is 10.1. The summed E-state index contributed by atoms with van der Waals surface area (Å²) in [4.78, 5) is 39.1. The minimum Gasteiger partial charge on any atom is -0.493 e. The lowest BCUT2D eigenvalue weighted by Crippen LogP contribution is -2.60. The van der Waals surface area contributed by atoms with Crippen LogP contribution in [0.2, 0.25) is 0 Å². The van der Waals surface area contributed by atoms with Crippen LogP contribution in [0.25, 0.3) is 0 Å². The lowest BCUT2D eigenvalue weighted by molar-refractivity contribution is -0.148.